The summed E-state index contributed by atoms with van der Waals surface area (Å²) in [6.07, 6.45) is 5.73. The Bertz CT molecular complexity index is 1360. The Morgan fingerprint density at radius 2 is 1.87 bits per heavy atom. The lowest BCUT2D eigenvalue weighted by atomic mass is 9.98. The molecule has 0 bridgehead atoms. The van der Waals surface area contributed by atoms with Crippen LogP contribution in [0.15, 0.2) is 42.7 Å². The van der Waals surface area contributed by atoms with Crippen LogP contribution in [0.2, 0.25) is 10.0 Å². The van der Waals surface area contributed by atoms with E-state index in [0.717, 1.165) is 61.3 Å². The topological polar surface area (TPSA) is 70.6 Å². The van der Waals surface area contributed by atoms with Crippen molar-refractivity contribution in [1.29, 1.82) is 0 Å². The molecule has 0 saturated carbocycles. The summed E-state index contributed by atoms with van der Waals surface area (Å²) < 4.78 is 5.23. The number of methoxy groups -OCH3 is 1. The molecule has 0 radical (unpaired) electrons. The van der Waals surface area contributed by atoms with Crippen LogP contribution in [0.5, 0.6) is 5.75 Å². The number of carbonyl (C=O) groups is 1. The van der Waals surface area contributed by atoms with Crippen molar-refractivity contribution in [2.24, 2.45) is 0 Å². The number of fused-ring (bicyclic) bond motifs is 1. The first-order valence-corrected chi connectivity index (χ1v) is 14.2. The SMILES string of the molecule is COc1ccc([C@H](C)NC(=O)N(C)C2CCN(C3CCc4cc(-c5cc(C)ncn5)ccc43)CC2)c(Cl)c1Cl. The van der Waals surface area contributed by atoms with Gasteiger partial charge < -0.3 is 15.0 Å². The van der Waals surface area contributed by atoms with Gasteiger partial charge in [0.05, 0.1) is 23.9 Å². The summed E-state index contributed by atoms with van der Waals surface area (Å²) in [7, 11) is 3.43. The maximum atomic E-state index is 13.1. The van der Waals surface area contributed by atoms with Crippen LogP contribution in [0, 0.1) is 6.92 Å². The van der Waals surface area contributed by atoms with E-state index >= 15 is 0 Å². The van der Waals surface area contributed by atoms with Gasteiger partial charge in [0.15, 0.2) is 0 Å². The van der Waals surface area contributed by atoms with Crippen molar-refractivity contribution in [3.63, 3.8) is 0 Å². The Hall–Kier alpha value is -2.87. The highest BCUT2D eigenvalue weighted by atomic mass is 35.5. The third-order valence-electron chi connectivity index (χ3n) is 8.20. The third-order valence-corrected chi connectivity index (χ3v) is 9.08. The molecule has 2 aliphatic rings. The molecule has 1 N–H and O–H groups in total. The number of urea groups is 1. The molecule has 39 heavy (non-hydrogen) atoms. The fourth-order valence-corrected chi connectivity index (χ4v) is 6.47. The minimum absolute atomic E-state index is 0.109. The number of rotatable bonds is 6. The molecule has 1 saturated heterocycles. The van der Waals surface area contributed by atoms with Crippen LogP contribution in [0.1, 0.15) is 60.7 Å². The quantitative estimate of drug-likeness (QED) is 0.362. The van der Waals surface area contributed by atoms with E-state index in [1.165, 1.54) is 11.1 Å². The molecule has 1 unspecified atom stereocenters. The van der Waals surface area contributed by atoms with Gasteiger partial charge >= 0.3 is 6.03 Å². The average Bonchev–Trinajstić information content (AvgIpc) is 3.37. The highest BCUT2D eigenvalue weighted by molar-refractivity contribution is 6.43. The van der Waals surface area contributed by atoms with E-state index in [1.807, 2.05) is 37.9 Å². The molecule has 2 atom stereocenters. The number of aryl methyl sites for hydroxylation is 2. The molecule has 1 aliphatic carbocycles. The minimum atomic E-state index is -0.290. The van der Waals surface area contributed by atoms with E-state index in [9.17, 15) is 4.79 Å². The predicted octanol–water partition coefficient (Wildman–Crippen LogP) is 6.62. The van der Waals surface area contributed by atoms with E-state index < -0.39 is 0 Å². The fraction of sp³-hybridized carbons (Fsp3) is 0.433. The second-order valence-electron chi connectivity index (χ2n) is 10.5. The standard InChI is InChI=1S/C30H35Cl2N5O2/c1-18-15-25(34-17-33-18)21-5-7-24-20(16-21)6-9-26(24)37-13-11-22(12-14-37)36(3)30(38)35-19(2)23-8-10-27(39-4)29(32)28(23)31/h5,7-8,10,15-17,19,22,26H,6,9,11-14H2,1-4H3,(H,35,38)/t19-,26?/m0/s1. The molecule has 1 fully saturated rings. The van der Waals surface area contributed by atoms with Crippen molar-refractivity contribution in [2.75, 3.05) is 27.2 Å². The zero-order chi connectivity index (χ0) is 27.7. The Kier molecular flexibility index (Phi) is 8.31. The molecule has 2 aromatic carbocycles. The maximum absolute atomic E-state index is 13.1. The van der Waals surface area contributed by atoms with Crippen molar-refractivity contribution in [3.05, 3.63) is 75.2 Å². The number of aromatic nitrogens is 2. The smallest absolute Gasteiger partial charge is 0.317 e. The number of benzene rings is 2. The number of hydrogen-bond donors (Lipinski definition) is 1. The number of carbonyl (C=O) groups excluding carboxylic acids is 1. The molecule has 5 rings (SSSR count). The molecule has 206 valence electrons. The van der Waals surface area contributed by atoms with Gasteiger partial charge in [0.2, 0.25) is 0 Å². The Balaban J connectivity index is 1.18. The van der Waals surface area contributed by atoms with E-state index in [4.69, 9.17) is 27.9 Å². The number of ether oxygens (including phenoxy) is 1. The molecule has 1 aromatic heterocycles. The molecule has 2 heterocycles. The van der Waals surface area contributed by atoms with Crippen molar-refractivity contribution in [3.8, 4) is 17.0 Å². The summed E-state index contributed by atoms with van der Waals surface area (Å²) in [5, 5.41) is 3.83. The van der Waals surface area contributed by atoms with Gasteiger partial charge in [-0.1, -0.05) is 41.4 Å². The lowest BCUT2D eigenvalue weighted by Crippen LogP contribution is -2.49. The van der Waals surface area contributed by atoms with Crippen LogP contribution >= 0.6 is 23.2 Å². The van der Waals surface area contributed by atoms with E-state index in [0.29, 0.717) is 21.8 Å². The highest BCUT2D eigenvalue weighted by Crippen LogP contribution is 2.40. The minimum Gasteiger partial charge on any atom is -0.495 e. The number of amides is 2. The maximum Gasteiger partial charge on any atom is 0.317 e. The summed E-state index contributed by atoms with van der Waals surface area (Å²) in [5.74, 6) is 0.513. The van der Waals surface area contributed by atoms with E-state index in [1.54, 1.807) is 19.5 Å². The summed E-state index contributed by atoms with van der Waals surface area (Å²) in [4.78, 5) is 26.2. The first-order chi connectivity index (χ1) is 18.8. The highest BCUT2D eigenvalue weighted by Gasteiger charge is 2.33. The Labute approximate surface area is 240 Å². The molecular weight excluding hydrogens is 533 g/mol. The lowest BCUT2D eigenvalue weighted by molar-refractivity contribution is 0.105. The zero-order valence-electron chi connectivity index (χ0n) is 22.9. The van der Waals surface area contributed by atoms with E-state index in [-0.39, 0.29) is 18.1 Å². The summed E-state index contributed by atoms with van der Waals surface area (Å²) >= 11 is 12.8. The van der Waals surface area contributed by atoms with Gasteiger partial charge in [0.1, 0.15) is 17.1 Å². The van der Waals surface area contributed by atoms with Crippen LogP contribution in [0.4, 0.5) is 4.79 Å². The zero-order valence-corrected chi connectivity index (χ0v) is 24.4. The van der Waals surface area contributed by atoms with Gasteiger partial charge in [0.25, 0.3) is 0 Å². The first-order valence-electron chi connectivity index (χ1n) is 13.5. The van der Waals surface area contributed by atoms with Crippen LogP contribution < -0.4 is 10.1 Å². The van der Waals surface area contributed by atoms with Gasteiger partial charge in [-0.3, -0.25) is 4.90 Å². The number of nitrogens with zero attached hydrogens (tertiary/aromatic N) is 4. The van der Waals surface area contributed by atoms with Gasteiger partial charge in [-0.25, -0.2) is 14.8 Å². The van der Waals surface area contributed by atoms with Crippen LogP contribution in [0.25, 0.3) is 11.3 Å². The summed E-state index contributed by atoms with van der Waals surface area (Å²) in [6.45, 7) is 5.84. The Morgan fingerprint density at radius 3 is 2.59 bits per heavy atom. The van der Waals surface area contributed by atoms with Gasteiger partial charge in [-0.05, 0) is 74.4 Å². The average molecular weight is 569 g/mol. The molecule has 0 spiro atoms. The lowest BCUT2D eigenvalue weighted by Gasteiger charge is -2.40. The fourth-order valence-electron chi connectivity index (χ4n) is 5.90. The predicted molar refractivity (Wildman–Crippen MR) is 156 cm³/mol. The summed E-state index contributed by atoms with van der Waals surface area (Å²) in [5.41, 5.74) is 6.71. The van der Waals surface area contributed by atoms with Crippen LogP contribution in [-0.4, -0.2) is 59.1 Å². The molecule has 1 aliphatic heterocycles. The number of nitrogens with one attached hydrogen (secondary N) is 1. The van der Waals surface area contributed by atoms with Crippen molar-refractivity contribution < 1.29 is 9.53 Å². The molecule has 7 nitrogen and oxygen atoms in total. The monoisotopic (exact) mass is 567 g/mol. The molecule has 3 aromatic rings. The van der Waals surface area contributed by atoms with Crippen LogP contribution in [-0.2, 0) is 6.42 Å². The molecule has 9 heteroatoms. The van der Waals surface area contributed by atoms with Crippen molar-refractivity contribution in [2.45, 2.75) is 57.7 Å². The number of piperidine rings is 1. The van der Waals surface area contributed by atoms with E-state index in [2.05, 4.69) is 38.4 Å². The largest absolute Gasteiger partial charge is 0.495 e. The van der Waals surface area contributed by atoms with Crippen LogP contribution in [0.3, 0.4) is 0 Å². The van der Waals surface area contributed by atoms with Gasteiger partial charge in [-0.2, -0.15) is 0 Å². The normalized spacial score (nSPS) is 18.5. The van der Waals surface area contributed by atoms with Gasteiger partial charge in [0, 0.05) is 43.5 Å². The van der Waals surface area contributed by atoms with Crippen molar-refractivity contribution in [1.82, 2.24) is 25.1 Å². The second kappa shape index (κ2) is 11.7. The molecule has 2 amide bonds. The number of hydrogen-bond acceptors (Lipinski definition) is 5. The number of likely N-dealkylation sites (tertiary alicyclic amines) is 1. The third kappa shape index (κ3) is 5.72. The first kappa shape index (κ1) is 27.7. The summed E-state index contributed by atoms with van der Waals surface area (Å²) in [6, 6.07) is 12.6. The van der Waals surface area contributed by atoms with Gasteiger partial charge in [-0.15, -0.1) is 0 Å². The second-order valence-corrected chi connectivity index (χ2v) is 11.3. The number of halogens is 2. The molecular formula is C30H35Cl2N5O2. The van der Waals surface area contributed by atoms with Crippen molar-refractivity contribution >= 4 is 29.2 Å². The Morgan fingerprint density at radius 1 is 1.10 bits per heavy atom.